The number of ketones is 2. The van der Waals surface area contributed by atoms with E-state index in [1.54, 1.807) is 24.3 Å². The number of aromatic nitrogens is 1. The predicted molar refractivity (Wildman–Crippen MR) is 322 cm³/mol. The van der Waals surface area contributed by atoms with E-state index in [4.69, 9.17) is 28.8 Å². The number of aromatic hydroxyl groups is 2. The van der Waals surface area contributed by atoms with Crippen LogP contribution in [0.4, 0.5) is 33.7 Å². The molecule has 0 radical (unpaired) electrons. The fourth-order valence-electron chi connectivity index (χ4n) is 9.69. The van der Waals surface area contributed by atoms with Gasteiger partial charge < -0.3 is 52.3 Å². The molecular formula is C54H72BrN10O6PS3. The normalized spacial score (nSPS) is 18.9. The molecule has 16 nitrogen and oxygen atoms in total. The van der Waals surface area contributed by atoms with Crippen molar-refractivity contribution in [3.63, 3.8) is 0 Å². The van der Waals surface area contributed by atoms with E-state index in [-0.39, 0.29) is 51.0 Å². The van der Waals surface area contributed by atoms with Gasteiger partial charge in [-0.05, 0) is 179 Å². The lowest BCUT2D eigenvalue weighted by Crippen LogP contribution is -2.49. The van der Waals surface area contributed by atoms with Gasteiger partial charge in [-0.3, -0.25) is 19.4 Å². The number of piperidine rings is 4. The Balaban J connectivity index is 0.000000204. The van der Waals surface area contributed by atoms with E-state index in [9.17, 15) is 24.9 Å². The summed E-state index contributed by atoms with van der Waals surface area (Å²) in [6, 6.07) is 30.0. The van der Waals surface area contributed by atoms with Gasteiger partial charge in [-0.2, -0.15) is 14.9 Å². The Hall–Kier alpha value is -4.89. The fraction of sp³-hybridized carbons (Fsp3) is 0.426. The number of benzene rings is 4. The topological polar surface area (TPSA) is 229 Å². The molecule has 4 saturated heterocycles. The lowest BCUT2D eigenvalue weighted by atomic mass is 9.98. The highest BCUT2D eigenvalue weighted by Gasteiger charge is 2.30. The largest absolute Gasteiger partial charge is 0.508 e. The third-order valence-corrected chi connectivity index (χ3v) is 16.0. The molecule has 0 saturated carbocycles. The molecule has 4 aliphatic heterocycles. The molecule has 0 bridgehead atoms. The molecule has 4 aromatic carbocycles. The smallest absolute Gasteiger partial charge is 0.206 e. The molecule has 75 heavy (non-hydrogen) atoms. The van der Waals surface area contributed by atoms with Crippen LogP contribution in [-0.2, 0) is 0 Å². The Morgan fingerprint density at radius 2 is 1.20 bits per heavy atom. The molecule has 4 aliphatic rings. The number of aliphatic hydroxyl groups is 2. The van der Waals surface area contributed by atoms with Crippen LogP contribution in [0.25, 0.3) is 0 Å². The van der Waals surface area contributed by atoms with Crippen molar-refractivity contribution < 1.29 is 30.0 Å². The SMILES string of the molecule is CCSC(N)=NC(=S)Nc1ccc(N2CCC(N3CCCC(O)C3)CC2)cc1.Nc1nc(Nc2ccc(N3CCC(N4CCCC(O)C4)CC3)cc2)sc1C(=O)c1ccc(O)cc1.O=C(CBr)c1ccc(O)cc1.P. The number of aliphatic hydroxyl groups excluding tert-OH is 2. The van der Waals surface area contributed by atoms with Crippen molar-refractivity contribution in [1.82, 2.24) is 14.8 Å². The molecule has 21 heteroatoms. The van der Waals surface area contributed by atoms with Crippen molar-refractivity contribution in [3.05, 3.63) is 113 Å². The van der Waals surface area contributed by atoms with Crippen LogP contribution in [0.15, 0.2) is 102 Å². The van der Waals surface area contributed by atoms with Gasteiger partial charge in [-0.25, -0.2) is 4.98 Å². The molecule has 3 unspecified atom stereocenters. The zero-order chi connectivity index (χ0) is 52.6. The summed E-state index contributed by atoms with van der Waals surface area (Å²) < 4.78 is 0. The number of carbonyl (C=O) groups excluding carboxylic acids is 2. The summed E-state index contributed by atoms with van der Waals surface area (Å²) in [5.74, 6) is 1.15. The number of halogens is 1. The number of hydrogen-bond acceptors (Lipinski definition) is 16. The van der Waals surface area contributed by atoms with E-state index in [1.807, 2.05) is 31.2 Å². The Labute approximate surface area is 466 Å². The Bertz CT molecular complexity index is 2620. The number of β-amino-alcohol motifs (C(OH)–C–C–N with tert-alkyl or cyclic N) is 2. The number of carbonyl (C=O) groups is 2. The molecule has 5 aromatic rings. The number of thiocarbonyl (C=S) groups is 1. The highest BCUT2D eigenvalue weighted by atomic mass is 79.9. The van der Waals surface area contributed by atoms with Gasteiger partial charge in [0.2, 0.25) is 5.78 Å². The van der Waals surface area contributed by atoms with E-state index in [0.717, 1.165) is 121 Å². The third kappa shape index (κ3) is 17.8. The number of aliphatic imine (C=N–C) groups is 1. The summed E-state index contributed by atoms with van der Waals surface area (Å²) in [5.41, 5.74) is 17.1. The number of nitrogens with two attached hydrogens (primary N) is 2. The fourth-order valence-corrected chi connectivity index (χ4v) is 11.6. The average Bonchev–Trinajstić information content (AvgIpc) is 3.78. The van der Waals surface area contributed by atoms with Gasteiger partial charge in [-0.15, -0.1) is 0 Å². The lowest BCUT2D eigenvalue weighted by molar-refractivity contribution is 0.0397. The van der Waals surface area contributed by atoms with Crippen LogP contribution < -0.4 is 31.9 Å². The maximum Gasteiger partial charge on any atom is 0.206 e. The molecule has 10 N–H and O–H groups in total. The number of Topliss-reactive ketones (excluding diaryl/α,β-unsaturated/α-hetero) is 1. The number of thioether (sulfide) groups is 1. The Morgan fingerprint density at radius 1 is 0.733 bits per heavy atom. The zero-order valence-corrected chi connectivity index (χ0v) is 48.0. The first-order valence-corrected chi connectivity index (χ1v) is 28.7. The highest BCUT2D eigenvalue weighted by Crippen LogP contribution is 2.32. The molecule has 4 fully saturated rings. The quantitative estimate of drug-likeness (QED) is 0.0146. The van der Waals surface area contributed by atoms with Crippen LogP contribution in [0.3, 0.4) is 0 Å². The van der Waals surface area contributed by atoms with Gasteiger partial charge >= 0.3 is 0 Å². The number of anilines is 6. The Morgan fingerprint density at radius 3 is 1.65 bits per heavy atom. The van der Waals surface area contributed by atoms with Gasteiger partial charge in [0.05, 0.1) is 17.5 Å². The highest BCUT2D eigenvalue weighted by molar-refractivity contribution is 9.09. The van der Waals surface area contributed by atoms with Gasteiger partial charge in [0, 0.05) is 85.2 Å². The van der Waals surface area contributed by atoms with Crippen molar-refractivity contribution in [1.29, 1.82) is 0 Å². The number of thiazole rings is 1. The summed E-state index contributed by atoms with van der Waals surface area (Å²) in [7, 11) is 0. The number of rotatable bonds is 12. The number of nitrogens with zero attached hydrogens (tertiary/aromatic N) is 6. The standard InChI is InChI=1S/C26H31N5O3S.C20H31N5OS2.C8H7BrO2.H3P/c27-25-24(23(34)17-3-9-21(32)10-4-17)35-26(29-25)28-18-5-7-19(8-6-18)30-14-11-20(12-15-30)31-13-1-2-22(33)16-31;1-2-28-19(21)23-20(27)22-15-5-7-16(8-6-15)24-12-9-17(10-13-24)25-11-3-4-18(26)14-25;9-5-8(11)6-1-3-7(10)4-2-6;/h3-10,20,22,32-33H,1-2,11-16,27H2,(H,28,29);5-8,17-18,26H,2-4,9-14H2,1H3,(H3,21,22,23,27);1-4,10H,5H2;1H3. The summed E-state index contributed by atoms with van der Waals surface area (Å²) in [5, 5.41) is 46.3. The first-order chi connectivity index (χ1) is 35.7. The molecular weight excluding hydrogens is 1090 g/mol. The van der Waals surface area contributed by atoms with E-state index >= 15 is 0 Å². The minimum Gasteiger partial charge on any atom is -0.508 e. The number of nitrogen functional groups attached to an aromatic ring is 1. The molecule has 9 rings (SSSR count). The molecule has 5 heterocycles. The summed E-state index contributed by atoms with van der Waals surface area (Å²) in [4.78, 5) is 42.4. The number of amidine groups is 1. The van der Waals surface area contributed by atoms with E-state index in [1.165, 1.54) is 58.7 Å². The van der Waals surface area contributed by atoms with E-state index < -0.39 is 0 Å². The molecule has 0 aliphatic carbocycles. The first kappa shape index (κ1) is 59.4. The number of hydrogen-bond donors (Lipinski definition) is 8. The molecule has 3 atom stereocenters. The van der Waals surface area contributed by atoms with E-state index in [2.05, 4.69) is 80.4 Å². The maximum atomic E-state index is 12.8. The van der Waals surface area contributed by atoms with Crippen LogP contribution in [-0.4, -0.2) is 145 Å². The summed E-state index contributed by atoms with van der Waals surface area (Å²) in [6.07, 6.45) is 8.31. The van der Waals surface area contributed by atoms with Crippen molar-refractivity contribution in [3.8, 4) is 11.5 Å². The molecule has 1 aromatic heterocycles. The summed E-state index contributed by atoms with van der Waals surface area (Å²) in [6.45, 7) is 10.0. The second-order valence-electron chi connectivity index (χ2n) is 18.8. The van der Waals surface area contributed by atoms with Crippen molar-refractivity contribution in [2.45, 2.75) is 82.6 Å². The van der Waals surface area contributed by atoms with Crippen LogP contribution >= 0.6 is 61.1 Å². The lowest BCUT2D eigenvalue weighted by Gasteiger charge is -2.42. The van der Waals surface area contributed by atoms with Gasteiger partial charge in [0.25, 0.3) is 0 Å². The monoisotopic (exact) mass is 1160 g/mol. The van der Waals surface area contributed by atoms with Crippen LogP contribution in [0.2, 0.25) is 0 Å². The number of likely N-dealkylation sites (tertiary alicyclic amines) is 2. The molecule has 0 amide bonds. The number of alkyl halides is 1. The predicted octanol–water partition coefficient (Wildman–Crippen LogP) is 8.74. The summed E-state index contributed by atoms with van der Waals surface area (Å²) >= 11 is 11.0. The average molecular weight is 1160 g/mol. The van der Waals surface area contributed by atoms with Gasteiger partial charge in [-0.1, -0.05) is 46.0 Å². The number of phenolic OH excluding ortho intramolecular Hbond substituents is 2. The van der Waals surface area contributed by atoms with E-state index in [0.29, 0.717) is 48.8 Å². The third-order valence-electron chi connectivity index (χ3n) is 13.6. The second kappa shape index (κ2) is 29.6. The zero-order valence-electron chi connectivity index (χ0n) is 42.5. The molecule has 404 valence electrons. The van der Waals surface area contributed by atoms with Crippen molar-refractivity contribution in [2.24, 2.45) is 10.7 Å². The molecule has 0 spiro atoms. The van der Waals surface area contributed by atoms with Gasteiger partial charge in [0.15, 0.2) is 21.2 Å². The maximum absolute atomic E-state index is 12.8. The minimum absolute atomic E-state index is 0. The van der Waals surface area contributed by atoms with Crippen LogP contribution in [0.5, 0.6) is 11.5 Å². The van der Waals surface area contributed by atoms with Crippen molar-refractivity contribution >= 4 is 117 Å². The number of nitrogens with one attached hydrogen (secondary N) is 2. The second-order valence-corrected chi connectivity index (χ2v) is 22.0. The first-order valence-electron chi connectivity index (χ1n) is 25.3. The van der Waals surface area contributed by atoms with Crippen LogP contribution in [0, 0.1) is 0 Å². The van der Waals surface area contributed by atoms with Crippen molar-refractivity contribution in [2.75, 3.05) is 89.6 Å². The number of phenols is 2. The minimum atomic E-state index is -0.217. The Kier molecular flexibility index (Phi) is 23.4. The van der Waals surface area contributed by atoms with Crippen LogP contribution in [0.1, 0.15) is 83.9 Å². The van der Waals surface area contributed by atoms with Gasteiger partial charge in [0.1, 0.15) is 22.2 Å².